The van der Waals surface area contributed by atoms with E-state index in [9.17, 15) is 8.42 Å². The number of piperazine rings is 1. The van der Waals surface area contributed by atoms with Crippen molar-refractivity contribution in [3.05, 3.63) is 0 Å². The number of rotatable bonds is 6. The van der Waals surface area contributed by atoms with Gasteiger partial charge in [0.15, 0.2) is 0 Å². The molecule has 1 fully saturated rings. The Morgan fingerprint density at radius 2 is 1.69 bits per heavy atom. The van der Waals surface area contributed by atoms with Crippen molar-refractivity contribution < 1.29 is 8.42 Å². The third-order valence-electron chi connectivity index (χ3n) is 2.93. The standard InChI is InChI=1S/C10H22N2O2S2/c1-16(13,14)12-8-6-11(7-9-12)5-3-2-4-10-15/h15H,2-10H2,1H3. The van der Waals surface area contributed by atoms with Gasteiger partial charge in [-0.3, -0.25) is 0 Å². The van der Waals surface area contributed by atoms with E-state index in [2.05, 4.69) is 17.5 Å². The molecule has 1 rings (SSSR count). The molecule has 16 heavy (non-hydrogen) atoms. The summed E-state index contributed by atoms with van der Waals surface area (Å²) >= 11 is 4.18. The molecule has 0 aromatic heterocycles. The van der Waals surface area contributed by atoms with Crippen LogP contribution in [0, 0.1) is 0 Å². The molecule has 0 saturated carbocycles. The molecule has 0 amide bonds. The molecule has 0 radical (unpaired) electrons. The first-order valence-corrected chi connectivity index (χ1v) is 8.30. The lowest BCUT2D eigenvalue weighted by atomic mass is 10.2. The van der Waals surface area contributed by atoms with Crippen LogP contribution in [0.5, 0.6) is 0 Å². The quantitative estimate of drug-likeness (QED) is 0.567. The average molecular weight is 266 g/mol. The summed E-state index contributed by atoms with van der Waals surface area (Å²) in [5, 5.41) is 0. The van der Waals surface area contributed by atoms with E-state index in [0.717, 1.165) is 25.4 Å². The van der Waals surface area contributed by atoms with Crippen LogP contribution in [0.2, 0.25) is 0 Å². The van der Waals surface area contributed by atoms with Crippen LogP contribution in [0.4, 0.5) is 0 Å². The van der Waals surface area contributed by atoms with E-state index in [-0.39, 0.29) is 0 Å². The zero-order valence-electron chi connectivity index (χ0n) is 9.93. The molecule has 1 heterocycles. The number of nitrogens with zero attached hydrogens (tertiary/aromatic N) is 2. The van der Waals surface area contributed by atoms with Gasteiger partial charge in [-0.05, 0) is 25.1 Å². The Bertz CT molecular complexity index is 285. The molecule has 0 aromatic carbocycles. The molecule has 0 aromatic rings. The van der Waals surface area contributed by atoms with Crippen molar-refractivity contribution in [3.63, 3.8) is 0 Å². The van der Waals surface area contributed by atoms with Crippen LogP contribution in [-0.2, 0) is 10.0 Å². The molecular formula is C10H22N2O2S2. The molecule has 0 bridgehead atoms. The Morgan fingerprint density at radius 3 is 2.19 bits per heavy atom. The Hall–Kier alpha value is 0.220. The molecule has 1 aliphatic rings. The lowest BCUT2D eigenvalue weighted by Gasteiger charge is -2.33. The van der Waals surface area contributed by atoms with Crippen LogP contribution in [-0.4, -0.2) is 62.4 Å². The Balaban J connectivity index is 2.17. The predicted octanol–water partition coefficient (Wildman–Crippen LogP) is 0.664. The van der Waals surface area contributed by atoms with Crippen molar-refractivity contribution in [2.24, 2.45) is 0 Å². The third-order valence-corrected chi connectivity index (χ3v) is 4.55. The molecule has 0 unspecified atom stereocenters. The van der Waals surface area contributed by atoms with E-state index in [4.69, 9.17) is 0 Å². The molecular weight excluding hydrogens is 244 g/mol. The summed E-state index contributed by atoms with van der Waals surface area (Å²) < 4.78 is 24.1. The third kappa shape index (κ3) is 5.03. The zero-order valence-corrected chi connectivity index (χ0v) is 11.6. The predicted molar refractivity (Wildman–Crippen MR) is 70.6 cm³/mol. The van der Waals surface area contributed by atoms with Crippen molar-refractivity contribution in [1.29, 1.82) is 0 Å². The Kier molecular flexibility index (Phi) is 6.10. The molecule has 0 spiro atoms. The van der Waals surface area contributed by atoms with Crippen LogP contribution in [0.15, 0.2) is 0 Å². The highest BCUT2D eigenvalue weighted by Crippen LogP contribution is 2.07. The second-order valence-corrected chi connectivity index (χ2v) is 6.72. The van der Waals surface area contributed by atoms with E-state index >= 15 is 0 Å². The normalized spacial score (nSPS) is 20.1. The summed E-state index contributed by atoms with van der Waals surface area (Å²) in [6.45, 7) is 4.12. The van der Waals surface area contributed by atoms with E-state index in [1.807, 2.05) is 0 Å². The SMILES string of the molecule is CS(=O)(=O)N1CCN(CCCCCS)CC1. The number of thiol groups is 1. The number of hydrogen-bond acceptors (Lipinski definition) is 4. The molecule has 4 nitrogen and oxygen atoms in total. The van der Waals surface area contributed by atoms with Crippen LogP contribution in [0.25, 0.3) is 0 Å². The van der Waals surface area contributed by atoms with Gasteiger partial charge in [-0.25, -0.2) is 8.42 Å². The van der Waals surface area contributed by atoms with Gasteiger partial charge in [0.2, 0.25) is 10.0 Å². The topological polar surface area (TPSA) is 40.6 Å². The van der Waals surface area contributed by atoms with Crippen molar-refractivity contribution in [3.8, 4) is 0 Å². The van der Waals surface area contributed by atoms with Gasteiger partial charge in [-0.15, -0.1) is 0 Å². The largest absolute Gasteiger partial charge is 0.301 e. The van der Waals surface area contributed by atoms with Gasteiger partial charge in [0, 0.05) is 26.2 Å². The van der Waals surface area contributed by atoms with E-state index in [0.29, 0.717) is 13.1 Å². The van der Waals surface area contributed by atoms with Crippen LogP contribution >= 0.6 is 12.6 Å². The molecule has 96 valence electrons. The highest BCUT2D eigenvalue weighted by atomic mass is 32.2. The fourth-order valence-corrected chi connectivity index (χ4v) is 2.96. The van der Waals surface area contributed by atoms with Gasteiger partial charge in [0.25, 0.3) is 0 Å². The Labute approximate surface area is 104 Å². The second-order valence-electron chi connectivity index (χ2n) is 4.29. The summed E-state index contributed by atoms with van der Waals surface area (Å²) in [7, 11) is -2.98. The fourth-order valence-electron chi connectivity index (χ4n) is 1.91. The van der Waals surface area contributed by atoms with E-state index in [1.54, 1.807) is 4.31 Å². The number of sulfonamides is 1. The van der Waals surface area contributed by atoms with Crippen LogP contribution in [0.3, 0.4) is 0 Å². The van der Waals surface area contributed by atoms with Crippen molar-refractivity contribution >= 4 is 22.7 Å². The molecule has 1 saturated heterocycles. The molecule has 1 aliphatic heterocycles. The minimum absolute atomic E-state index is 0.644. The summed E-state index contributed by atoms with van der Waals surface area (Å²) in [6, 6.07) is 0. The molecule has 0 atom stereocenters. The summed E-state index contributed by atoms with van der Waals surface area (Å²) in [5.41, 5.74) is 0. The van der Waals surface area contributed by atoms with Crippen molar-refractivity contribution in [2.75, 3.05) is 44.7 Å². The average Bonchev–Trinajstić information content (AvgIpc) is 2.24. The summed E-state index contributed by atoms with van der Waals surface area (Å²) in [5.74, 6) is 0.960. The molecule has 0 N–H and O–H groups in total. The second kappa shape index (κ2) is 6.83. The molecule has 6 heteroatoms. The van der Waals surface area contributed by atoms with Gasteiger partial charge < -0.3 is 4.90 Å². The Morgan fingerprint density at radius 1 is 1.06 bits per heavy atom. The lowest BCUT2D eigenvalue weighted by molar-refractivity contribution is 0.186. The fraction of sp³-hybridized carbons (Fsp3) is 1.00. The van der Waals surface area contributed by atoms with E-state index in [1.165, 1.54) is 25.5 Å². The maximum Gasteiger partial charge on any atom is 0.211 e. The first kappa shape index (κ1) is 14.3. The first-order valence-electron chi connectivity index (χ1n) is 5.82. The van der Waals surface area contributed by atoms with Gasteiger partial charge in [-0.1, -0.05) is 6.42 Å². The van der Waals surface area contributed by atoms with E-state index < -0.39 is 10.0 Å². The highest BCUT2D eigenvalue weighted by molar-refractivity contribution is 7.88. The highest BCUT2D eigenvalue weighted by Gasteiger charge is 2.22. The van der Waals surface area contributed by atoms with Crippen LogP contribution < -0.4 is 0 Å². The van der Waals surface area contributed by atoms with Crippen molar-refractivity contribution in [2.45, 2.75) is 19.3 Å². The minimum atomic E-state index is -2.98. The smallest absolute Gasteiger partial charge is 0.211 e. The van der Waals surface area contributed by atoms with Gasteiger partial charge >= 0.3 is 0 Å². The van der Waals surface area contributed by atoms with Gasteiger partial charge in [0.1, 0.15) is 0 Å². The van der Waals surface area contributed by atoms with Crippen LogP contribution in [0.1, 0.15) is 19.3 Å². The first-order chi connectivity index (χ1) is 7.54. The minimum Gasteiger partial charge on any atom is -0.301 e. The number of unbranched alkanes of at least 4 members (excludes halogenated alkanes) is 2. The lowest BCUT2D eigenvalue weighted by Crippen LogP contribution is -2.48. The maximum atomic E-state index is 11.3. The van der Waals surface area contributed by atoms with Gasteiger partial charge in [0.05, 0.1) is 6.26 Å². The molecule has 0 aliphatic carbocycles. The monoisotopic (exact) mass is 266 g/mol. The zero-order chi connectivity index (χ0) is 12.0. The maximum absolute atomic E-state index is 11.3. The number of hydrogen-bond donors (Lipinski definition) is 1. The summed E-state index contributed by atoms with van der Waals surface area (Å²) in [4.78, 5) is 2.35. The van der Waals surface area contributed by atoms with Gasteiger partial charge in [-0.2, -0.15) is 16.9 Å². The van der Waals surface area contributed by atoms with Crippen molar-refractivity contribution in [1.82, 2.24) is 9.21 Å². The summed E-state index contributed by atoms with van der Waals surface area (Å²) in [6.07, 6.45) is 4.87.